The molecule has 2 aliphatic rings. The molecule has 7 rings (SSSR count). The van der Waals surface area contributed by atoms with Crippen molar-refractivity contribution in [3.8, 4) is 11.5 Å². The number of H-pyrrole nitrogens is 1. The molecule has 4 heterocycles. The van der Waals surface area contributed by atoms with Gasteiger partial charge in [-0.15, -0.1) is 5.10 Å². The molecule has 0 aliphatic carbocycles. The molecule has 10 nitrogen and oxygen atoms in total. The fourth-order valence-corrected chi connectivity index (χ4v) is 6.12. The van der Waals surface area contributed by atoms with Crippen LogP contribution in [0.4, 0.5) is 0 Å². The number of pyridine rings is 1. The summed E-state index contributed by atoms with van der Waals surface area (Å²) in [7, 11) is 0. The van der Waals surface area contributed by atoms with Crippen LogP contribution >= 0.6 is 0 Å². The van der Waals surface area contributed by atoms with Gasteiger partial charge in [0, 0.05) is 50.3 Å². The van der Waals surface area contributed by atoms with Gasteiger partial charge in [-0.3, -0.25) is 14.6 Å². The zero-order valence-electron chi connectivity index (χ0n) is 24.3. The Labute approximate surface area is 249 Å². The predicted octanol–water partition coefficient (Wildman–Crippen LogP) is 3.96. The Morgan fingerprint density at radius 1 is 0.884 bits per heavy atom. The molecule has 220 valence electrons. The summed E-state index contributed by atoms with van der Waals surface area (Å²) in [6, 6.07) is 24.4. The summed E-state index contributed by atoms with van der Waals surface area (Å²) >= 11 is 0. The number of nitrogens with zero attached hydrogens (tertiary/aromatic N) is 6. The summed E-state index contributed by atoms with van der Waals surface area (Å²) in [5.41, 5.74) is 5.03. The van der Waals surface area contributed by atoms with Crippen molar-refractivity contribution in [3.05, 3.63) is 111 Å². The second kappa shape index (κ2) is 12.0. The first-order valence-electron chi connectivity index (χ1n) is 15.0. The summed E-state index contributed by atoms with van der Waals surface area (Å²) < 4.78 is 12.9. The van der Waals surface area contributed by atoms with Crippen molar-refractivity contribution < 1.29 is 9.47 Å². The maximum Gasteiger partial charge on any atom is 0.253 e. The number of aryl methyl sites for hydroxylation is 3. The number of benzene rings is 3. The van der Waals surface area contributed by atoms with Crippen LogP contribution in [0.15, 0.2) is 77.6 Å². The third-order valence-corrected chi connectivity index (χ3v) is 8.51. The number of fused-ring (bicyclic) bond motifs is 2. The van der Waals surface area contributed by atoms with Gasteiger partial charge in [-0.1, -0.05) is 49.4 Å². The minimum absolute atomic E-state index is 0.109. The van der Waals surface area contributed by atoms with Gasteiger partial charge in [-0.05, 0) is 75.7 Å². The van der Waals surface area contributed by atoms with E-state index in [4.69, 9.17) is 9.47 Å². The minimum Gasteiger partial charge on any atom is -0.454 e. The molecule has 1 fully saturated rings. The lowest BCUT2D eigenvalue weighted by molar-refractivity contribution is 0.0996. The Morgan fingerprint density at radius 2 is 1.70 bits per heavy atom. The van der Waals surface area contributed by atoms with E-state index >= 15 is 0 Å². The zero-order chi connectivity index (χ0) is 29.2. The molecule has 0 spiro atoms. The fraction of sp³-hybridized carbons (Fsp3) is 0.333. The van der Waals surface area contributed by atoms with E-state index in [1.54, 1.807) is 0 Å². The van der Waals surface area contributed by atoms with Crippen molar-refractivity contribution in [3.63, 3.8) is 0 Å². The number of ether oxygens (including phenoxy) is 2. The summed E-state index contributed by atoms with van der Waals surface area (Å²) in [4.78, 5) is 21.6. The van der Waals surface area contributed by atoms with Crippen molar-refractivity contribution in [1.82, 2.24) is 35.0 Å². The Kier molecular flexibility index (Phi) is 7.61. The van der Waals surface area contributed by atoms with Gasteiger partial charge in [0.05, 0.1) is 0 Å². The van der Waals surface area contributed by atoms with Crippen LogP contribution < -0.4 is 15.0 Å². The molecule has 1 saturated heterocycles. The van der Waals surface area contributed by atoms with E-state index in [1.807, 2.05) is 41.1 Å². The first-order chi connectivity index (χ1) is 21.1. The lowest BCUT2D eigenvalue weighted by Gasteiger charge is -2.38. The van der Waals surface area contributed by atoms with E-state index in [9.17, 15) is 4.79 Å². The number of nitrogens with one attached hydrogen (secondary N) is 1. The van der Waals surface area contributed by atoms with Gasteiger partial charge in [0.2, 0.25) is 6.79 Å². The Morgan fingerprint density at radius 3 is 2.53 bits per heavy atom. The maximum absolute atomic E-state index is 13.7. The van der Waals surface area contributed by atoms with Crippen molar-refractivity contribution >= 4 is 10.9 Å². The predicted molar refractivity (Wildman–Crippen MR) is 163 cm³/mol. The van der Waals surface area contributed by atoms with E-state index in [1.165, 1.54) is 16.7 Å². The molecule has 10 heteroatoms. The fourth-order valence-electron chi connectivity index (χ4n) is 6.12. The lowest BCUT2D eigenvalue weighted by Crippen LogP contribution is -2.48. The second-order valence-electron chi connectivity index (χ2n) is 11.2. The molecule has 3 aromatic carbocycles. The summed E-state index contributed by atoms with van der Waals surface area (Å²) in [6.45, 7) is 7.10. The molecule has 43 heavy (non-hydrogen) atoms. The van der Waals surface area contributed by atoms with E-state index in [0.29, 0.717) is 17.9 Å². The molecule has 0 saturated carbocycles. The second-order valence-corrected chi connectivity index (χ2v) is 11.2. The number of aromatic nitrogens is 5. The smallest absolute Gasteiger partial charge is 0.253 e. The summed E-state index contributed by atoms with van der Waals surface area (Å²) in [6.07, 6.45) is 1.72. The van der Waals surface area contributed by atoms with Crippen molar-refractivity contribution in [2.45, 2.75) is 38.9 Å². The Balaban J connectivity index is 1.18. The van der Waals surface area contributed by atoms with Crippen molar-refractivity contribution in [1.29, 1.82) is 0 Å². The van der Waals surface area contributed by atoms with Crippen LogP contribution in [0.2, 0.25) is 0 Å². The molecule has 0 bridgehead atoms. The van der Waals surface area contributed by atoms with Gasteiger partial charge < -0.3 is 14.5 Å². The van der Waals surface area contributed by atoms with E-state index in [2.05, 4.69) is 73.6 Å². The van der Waals surface area contributed by atoms with Gasteiger partial charge in [-0.25, -0.2) is 4.68 Å². The average molecular weight is 578 g/mol. The van der Waals surface area contributed by atoms with Crippen LogP contribution in [-0.4, -0.2) is 68.0 Å². The van der Waals surface area contributed by atoms with Gasteiger partial charge >= 0.3 is 0 Å². The maximum atomic E-state index is 13.7. The highest BCUT2D eigenvalue weighted by Crippen LogP contribution is 2.33. The quantitative estimate of drug-likeness (QED) is 0.281. The molecule has 0 amide bonds. The lowest BCUT2D eigenvalue weighted by atomic mass is 10.0. The molecule has 5 aromatic rings. The SMILES string of the molecule is CCc1ccc2[nH]c(=O)c(C(c3nnnn3CCc3ccccc3)N3CCN(Cc4ccc5c(c4)OCO5)CC3)cc2c1. The van der Waals surface area contributed by atoms with Gasteiger partial charge in [-0.2, -0.15) is 0 Å². The Hall–Kier alpha value is -4.54. The molecule has 0 radical (unpaired) electrons. The van der Waals surface area contributed by atoms with Crippen LogP contribution in [0, 0.1) is 0 Å². The van der Waals surface area contributed by atoms with Crippen LogP contribution in [0.3, 0.4) is 0 Å². The van der Waals surface area contributed by atoms with E-state index < -0.39 is 0 Å². The monoisotopic (exact) mass is 577 g/mol. The highest BCUT2D eigenvalue weighted by molar-refractivity contribution is 5.80. The normalized spacial score (nSPS) is 16.1. The molecular weight excluding hydrogens is 542 g/mol. The number of aromatic amines is 1. The van der Waals surface area contributed by atoms with E-state index in [0.717, 1.165) is 68.0 Å². The number of tetrazole rings is 1. The third-order valence-electron chi connectivity index (χ3n) is 8.51. The van der Waals surface area contributed by atoms with Crippen LogP contribution in [0.1, 0.15) is 41.0 Å². The van der Waals surface area contributed by atoms with Crippen LogP contribution in [-0.2, 0) is 25.9 Å². The van der Waals surface area contributed by atoms with Gasteiger partial charge in [0.25, 0.3) is 5.56 Å². The highest BCUT2D eigenvalue weighted by Gasteiger charge is 2.33. The average Bonchev–Trinajstić information content (AvgIpc) is 3.71. The molecule has 2 aromatic heterocycles. The topological polar surface area (TPSA) is 101 Å². The summed E-state index contributed by atoms with van der Waals surface area (Å²) in [5.74, 6) is 2.30. The molecule has 1 N–H and O–H groups in total. The number of hydrogen-bond acceptors (Lipinski definition) is 8. The third kappa shape index (κ3) is 5.76. The molecular formula is C33H35N7O3. The van der Waals surface area contributed by atoms with Crippen LogP contribution in [0.5, 0.6) is 11.5 Å². The van der Waals surface area contributed by atoms with E-state index in [-0.39, 0.29) is 18.4 Å². The molecule has 2 aliphatic heterocycles. The van der Waals surface area contributed by atoms with Gasteiger partial charge in [0.15, 0.2) is 17.3 Å². The minimum atomic E-state index is -0.378. The first-order valence-corrected chi connectivity index (χ1v) is 15.0. The van der Waals surface area contributed by atoms with Crippen LogP contribution in [0.25, 0.3) is 10.9 Å². The first kappa shape index (κ1) is 27.3. The number of rotatable bonds is 9. The highest BCUT2D eigenvalue weighted by atomic mass is 16.7. The molecule has 1 atom stereocenters. The standard InChI is InChI=1S/C33H35N7O3/c1-2-23-8-10-28-26(18-23)20-27(33(41)34-28)31(32-35-36-37-40(32)13-12-24-6-4-3-5-7-24)39-16-14-38(15-17-39)21-25-9-11-29-30(19-25)43-22-42-29/h3-11,18-20,31H,2,12-17,21-22H2,1H3,(H,34,41). The van der Waals surface area contributed by atoms with Crippen molar-refractivity contribution in [2.75, 3.05) is 33.0 Å². The molecule has 1 unspecified atom stereocenters. The number of piperazine rings is 1. The summed E-state index contributed by atoms with van der Waals surface area (Å²) in [5, 5.41) is 14.0. The Bertz CT molecular complexity index is 1780. The largest absolute Gasteiger partial charge is 0.454 e. The number of hydrogen-bond donors (Lipinski definition) is 1. The van der Waals surface area contributed by atoms with Gasteiger partial charge in [0.1, 0.15) is 6.04 Å². The van der Waals surface area contributed by atoms with Crippen molar-refractivity contribution in [2.24, 2.45) is 0 Å². The zero-order valence-corrected chi connectivity index (χ0v) is 24.3.